The molecule has 8 nitrogen and oxygen atoms in total. The second kappa shape index (κ2) is 5.99. The van der Waals surface area contributed by atoms with Crippen LogP contribution in [0, 0.1) is 0 Å². The van der Waals surface area contributed by atoms with E-state index in [2.05, 4.69) is 15.3 Å². The number of hydrogen-bond acceptors (Lipinski definition) is 6. The smallest absolute Gasteiger partial charge is 0.270 e. The van der Waals surface area contributed by atoms with Gasteiger partial charge in [-0.25, -0.2) is 4.98 Å². The second-order valence-electron chi connectivity index (χ2n) is 5.55. The van der Waals surface area contributed by atoms with Crippen molar-refractivity contribution in [2.45, 2.75) is 25.8 Å². The van der Waals surface area contributed by atoms with Crippen LogP contribution in [0.1, 0.15) is 30.1 Å². The van der Waals surface area contributed by atoms with Gasteiger partial charge in [0.05, 0.1) is 5.56 Å². The molecule has 9 heteroatoms. The number of nitrogens with zero attached hydrogens (tertiary/aromatic N) is 2. The maximum absolute atomic E-state index is 12.7. The minimum atomic E-state index is -0.332. The van der Waals surface area contributed by atoms with Gasteiger partial charge in [0.2, 0.25) is 11.9 Å². The molecule has 2 aromatic heterocycles. The molecule has 0 bridgehead atoms. The summed E-state index contributed by atoms with van der Waals surface area (Å²) in [7, 11) is 0. The Bertz CT molecular complexity index is 819. The summed E-state index contributed by atoms with van der Waals surface area (Å²) in [5.41, 5.74) is 5.99. The first-order valence-corrected chi connectivity index (χ1v) is 8.17. The van der Waals surface area contributed by atoms with Crippen LogP contribution in [0.15, 0.2) is 10.2 Å². The topological polar surface area (TPSA) is 121 Å². The first-order chi connectivity index (χ1) is 11.0. The highest BCUT2D eigenvalue weighted by atomic mass is 32.1. The number of carbonyl (C=O) groups is 2. The third-order valence-electron chi connectivity index (χ3n) is 3.86. The van der Waals surface area contributed by atoms with Gasteiger partial charge in [0.1, 0.15) is 10.2 Å². The molecule has 0 saturated carbocycles. The van der Waals surface area contributed by atoms with Crippen LogP contribution in [0.5, 0.6) is 0 Å². The summed E-state index contributed by atoms with van der Waals surface area (Å²) in [5.74, 6) is -0.216. The molecule has 1 aliphatic heterocycles. The van der Waals surface area contributed by atoms with E-state index in [1.54, 1.807) is 10.3 Å². The fourth-order valence-corrected chi connectivity index (χ4v) is 3.66. The number of piperidine rings is 1. The number of carbonyl (C=O) groups excluding carboxylic acids is 2. The molecule has 23 heavy (non-hydrogen) atoms. The molecule has 1 fully saturated rings. The van der Waals surface area contributed by atoms with Crippen LogP contribution in [0.2, 0.25) is 0 Å². The van der Waals surface area contributed by atoms with Crippen molar-refractivity contribution in [3.8, 4) is 0 Å². The number of anilines is 1. The van der Waals surface area contributed by atoms with Gasteiger partial charge in [-0.05, 0) is 12.8 Å². The molecule has 4 N–H and O–H groups in total. The summed E-state index contributed by atoms with van der Waals surface area (Å²) in [6.07, 6.45) is 1.42. The number of aromatic amines is 1. The molecule has 1 aliphatic rings. The molecule has 122 valence electrons. The number of nitrogen functional groups attached to an aromatic ring is 1. The molecule has 3 rings (SSSR count). The van der Waals surface area contributed by atoms with Crippen LogP contribution >= 0.6 is 11.3 Å². The molecule has 0 radical (unpaired) electrons. The number of rotatable bonds is 2. The van der Waals surface area contributed by atoms with E-state index in [4.69, 9.17) is 5.73 Å². The predicted molar refractivity (Wildman–Crippen MR) is 87.4 cm³/mol. The Hall–Kier alpha value is -2.42. The van der Waals surface area contributed by atoms with E-state index >= 15 is 0 Å². The van der Waals surface area contributed by atoms with Gasteiger partial charge < -0.3 is 16.0 Å². The van der Waals surface area contributed by atoms with Crippen LogP contribution in [-0.2, 0) is 4.79 Å². The standard InChI is InChI=1S/C14H17N5O3S/c1-7(20)16-8-2-4-19(5-3-8)13(22)9-6-23-11-10(9)17-14(15)18-12(11)21/h6,8H,2-5H2,1H3,(H,16,20)(H3,15,17,18,21). The Morgan fingerprint density at radius 2 is 2.13 bits per heavy atom. The summed E-state index contributed by atoms with van der Waals surface area (Å²) < 4.78 is 0.399. The molecule has 0 aliphatic carbocycles. The summed E-state index contributed by atoms with van der Waals surface area (Å²) in [4.78, 5) is 43.8. The quantitative estimate of drug-likeness (QED) is 0.729. The van der Waals surface area contributed by atoms with Gasteiger partial charge in [0.15, 0.2) is 0 Å². The van der Waals surface area contributed by atoms with Crippen molar-refractivity contribution in [2.75, 3.05) is 18.8 Å². The van der Waals surface area contributed by atoms with Crippen molar-refractivity contribution in [1.82, 2.24) is 20.2 Å². The fraction of sp³-hybridized carbons (Fsp3) is 0.429. The average Bonchev–Trinajstić information content (AvgIpc) is 2.90. The highest BCUT2D eigenvalue weighted by Crippen LogP contribution is 2.24. The molecule has 3 heterocycles. The van der Waals surface area contributed by atoms with E-state index < -0.39 is 0 Å². The van der Waals surface area contributed by atoms with Crippen molar-refractivity contribution in [3.05, 3.63) is 21.3 Å². The van der Waals surface area contributed by atoms with Crippen LogP contribution < -0.4 is 16.6 Å². The molecule has 1 saturated heterocycles. The van der Waals surface area contributed by atoms with E-state index in [0.717, 1.165) is 0 Å². The monoisotopic (exact) mass is 335 g/mol. The van der Waals surface area contributed by atoms with Gasteiger partial charge in [0.25, 0.3) is 11.5 Å². The first kappa shape index (κ1) is 15.5. The lowest BCUT2D eigenvalue weighted by molar-refractivity contribution is -0.119. The normalized spacial score (nSPS) is 15.8. The Morgan fingerprint density at radius 3 is 2.78 bits per heavy atom. The summed E-state index contributed by atoms with van der Waals surface area (Å²) in [5, 5.41) is 4.52. The largest absolute Gasteiger partial charge is 0.369 e. The molecule has 0 atom stereocenters. The van der Waals surface area contributed by atoms with E-state index in [9.17, 15) is 14.4 Å². The summed E-state index contributed by atoms with van der Waals surface area (Å²) >= 11 is 1.18. The van der Waals surface area contributed by atoms with Gasteiger partial charge in [-0.2, -0.15) is 0 Å². The van der Waals surface area contributed by atoms with Crippen molar-refractivity contribution in [2.24, 2.45) is 0 Å². The second-order valence-corrected chi connectivity index (χ2v) is 6.42. The van der Waals surface area contributed by atoms with E-state index in [-0.39, 0.29) is 29.4 Å². The fourth-order valence-electron chi connectivity index (χ4n) is 2.78. The SMILES string of the molecule is CC(=O)NC1CCN(C(=O)c2csc3c(=O)[nH]c(N)nc23)CC1. The maximum atomic E-state index is 12.7. The molecule has 0 unspecified atom stereocenters. The number of nitrogens with two attached hydrogens (primary N) is 1. The Morgan fingerprint density at radius 1 is 1.43 bits per heavy atom. The molecule has 0 aromatic carbocycles. The van der Waals surface area contributed by atoms with Crippen molar-refractivity contribution in [3.63, 3.8) is 0 Å². The van der Waals surface area contributed by atoms with Crippen LogP contribution in [0.4, 0.5) is 5.95 Å². The van der Waals surface area contributed by atoms with Gasteiger partial charge in [-0.1, -0.05) is 0 Å². The lowest BCUT2D eigenvalue weighted by Crippen LogP contribution is -2.46. The zero-order chi connectivity index (χ0) is 16.6. The number of fused-ring (bicyclic) bond motifs is 1. The third kappa shape index (κ3) is 3.04. The molecular formula is C14H17N5O3S. The number of thiophene rings is 1. The number of likely N-dealkylation sites (tertiary alicyclic amines) is 1. The molecule has 2 amide bonds. The summed E-state index contributed by atoms with van der Waals surface area (Å²) in [6.45, 7) is 2.60. The summed E-state index contributed by atoms with van der Waals surface area (Å²) in [6, 6.07) is 0.104. The minimum absolute atomic E-state index is 0.000633. The van der Waals surface area contributed by atoms with Gasteiger partial charge in [-0.15, -0.1) is 11.3 Å². The number of H-pyrrole nitrogens is 1. The highest BCUT2D eigenvalue weighted by Gasteiger charge is 2.26. The lowest BCUT2D eigenvalue weighted by Gasteiger charge is -2.32. The zero-order valence-corrected chi connectivity index (χ0v) is 13.4. The Labute approximate surface area is 135 Å². The Balaban J connectivity index is 1.80. The highest BCUT2D eigenvalue weighted by molar-refractivity contribution is 7.17. The first-order valence-electron chi connectivity index (χ1n) is 7.29. The Kier molecular flexibility index (Phi) is 4.03. The third-order valence-corrected chi connectivity index (χ3v) is 4.83. The molecular weight excluding hydrogens is 318 g/mol. The minimum Gasteiger partial charge on any atom is -0.369 e. The number of amides is 2. The van der Waals surface area contributed by atoms with Crippen molar-refractivity contribution < 1.29 is 9.59 Å². The van der Waals surface area contributed by atoms with E-state index in [0.29, 0.717) is 41.7 Å². The van der Waals surface area contributed by atoms with Gasteiger partial charge in [0, 0.05) is 31.4 Å². The van der Waals surface area contributed by atoms with Crippen molar-refractivity contribution in [1.29, 1.82) is 0 Å². The number of aromatic nitrogens is 2. The lowest BCUT2D eigenvalue weighted by atomic mass is 10.0. The number of nitrogens with one attached hydrogen (secondary N) is 2. The van der Waals surface area contributed by atoms with E-state index in [1.807, 2.05) is 0 Å². The van der Waals surface area contributed by atoms with E-state index in [1.165, 1.54) is 18.3 Å². The number of hydrogen-bond donors (Lipinski definition) is 3. The van der Waals surface area contributed by atoms with Crippen LogP contribution in [0.3, 0.4) is 0 Å². The van der Waals surface area contributed by atoms with Gasteiger partial charge in [-0.3, -0.25) is 19.4 Å². The predicted octanol–water partition coefficient (Wildman–Crippen LogP) is 0.307. The zero-order valence-electron chi connectivity index (χ0n) is 12.6. The van der Waals surface area contributed by atoms with Crippen LogP contribution in [-0.4, -0.2) is 45.8 Å². The maximum Gasteiger partial charge on any atom is 0.270 e. The molecule has 0 spiro atoms. The molecule has 2 aromatic rings. The van der Waals surface area contributed by atoms with Crippen molar-refractivity contribution >= 4 is 39.3 Å². The van der Waals surface area contributed by atoms with Gasteiger partial charge >= 0.3 is 0 Å². The van der Waals surface area contributed by atoms with Crippen LogP contribution in [0.25, 0.3) is 10.2 Å². The average molecular weight is 335 g/mol.